The average molecular weight is 181 g/mol. The van der Waals surface area contributed by atoms with Gasteiger partial charge in [0.15, 0.2) is 0 Å². The van der Waals surface area contributed by atoms with Crippen LogP contribution in [0.25, 0.3) is 0 Å². The van der Waals surface area contributed by atoms with Crippen LogP contribution in [0.5, 0.6) is 0 Å². The number of hydrogen-bond acceptors (Lipinski definition) is 1. The van der Waals surface area contributed by atoms with Crippen LogP contribution in [0, 0.1) is 10.8 Å². The van der Waals surface area contributed by atoms with E-state index < -0.39 is 0 Å². The molecule has 1 nitrogen and oxygen atoms in total. The third kappa shape index (κ3) is 1.52. The molecule has 2 bridgehead atoms. The third-order valence-electron chi connectivity index (χ3n) is 4.77. The second-order valence-corrected chi connectivity index (χ2v) is 5.45. The van der Waals surface area contributed by atoms with Gasteiger partial charge in [-0.1, -0.05) is 13.3 Å². The van der Waals surface area contributed by atoms with Gasteiger partial charge in [-0.3, -0.25) is 0 Å². The first-order valence-corrected chi connectivity index (χ1v) is 5.94. The van der Waals surface area contributed by atoms with Crippen molar-refractivity contribution in [3.8, 4) is 0 Å². The van der Waals surface area contributed by atoms with E-state index in [2.05, 4.69) is 6.92 Å². The first-order chi connectivity index (χ1) is 6.24. The van der Waals surface area contributed by atoms with Gasteiger partial charge in [-0.25, -0.2) is 0 Å². The zero-order valence-electron chi connectivity index (χ0n) is 8.94. The molecule has 3 fully saturated rings. The monoisotopic (exact) mass is 181 g/mol. The van der Waals surface area contributed by atoms with Crippen molar-refractivity contribution in [1.82, 2.24) is 0 Å². The van der Waals surface area contributed by atoms with Gasteiger partial charge in [-0.2, -0.15) is 0 Å². The fraction of sp³-hybridized carbons (Fsp3) is 1.00. The summed E-state index contributed by atoms with van der Waals surface area (Å²) in [6.07, 6.45) is 11.5. The van der Waals surface area contributed by atoms with Crippen molar-refractivity contribution in [3.63, 3.8) is 0 Å². The fourth-order valence-corrected chi connectivity index (χ4v) is 3.55. The summed E-state index contributed by atoms with van der Waals surface area (Å²) in [4.78, 5) is 0. The summed E-state index contributed by atoms with van der Waals surface area (Å²) >= 11 is 0. The molecular formula is C12H23N. The van der Waals surface area contributed by atoms with Gasteiger partial charge in [0.2, 0.25) is 0 Å². The Balaban J connectivity index is 2.03. The van der Waals surface area contributed by atoms with Gasteiger partial charge in [0, 0.05) is 0 Å². The quantitative estimate of drug-likeness (QED) is 0.711. The highest BCUT2D eigenvalue weighted by atomic mass is 14.6. The molecule has 0 aliphatic heterocycles. The SMILES string of the molecule is CCCC12CCC(CN)(CC1)CC2. The Morgan fingerprint density at radius 1 is 0.923 bits per heavy atom. The second-order valence-electron chi connectivity index (χ2n) is 5.45. The molecule has 0 saturated heterocycles. The minimum atomic E-state index is 0.579. The standard InChI is InChI=1S/C12H23N/c1-2-3-11-4-7-12(10-13,8-5-11)9-6-11/h2-10,13H2,1H3. The molecule has 13 heavy (non-hydrogen) atoms. The van der Waals surface area contributed by atoms with Crippen LogP contribution in [-0.4, -0.2) is 6.54 Å². The normalized spacial score (nSPS) is 43.8. The highest BCUT2D eigenvalue weighted by Crippen LogP contribution is 2.58. The van der Waals surface area contributed by atoms with Gasteiger partial charge in [-0.15, -0.1) is 0 Å². The highest BCUT2D eigenvalue weighted by Gasteiger charge is 2.46. The Labute approximate surface area is 82.1 Å². The zero-order chi connectivity index (χ0) is 9.36. The van der Waals surface area contributed by atoms with Crippen LogP contribution in [0.2, 0.25) is 0 Å². The van der Waals surface area contributed by atoms with Crippen LogP contribution in [-0.2, 0) is 0 Å². The summed E-state index contributed by atoms with van der Waals surface area (Å²) in [6, 6.07) is 0. The van der Waals surface area contributed by atoms with Crippen molar-refractivity contribution in [1.29, 1.82) is 0 Å². The molecule has 0 heterocycles. The average Bonchev–Trinajstić information content (AvgIpc) is 2.21. The smallest absolute Gasteiger partial charge is 0.00205 e. The summed E-state index contributed by atoms with van der Waals surface area (Å²) in [6.45, 7) is 3.27. The number of fused-ring (bicyclic) bond motifs is 3. The zero-order valence-corrected chi connectivity index (χ0v) is 8.94. The maximum atomic E-state index is 5.89. The Kier molecular flexibility index (Phi) is 2.39. The first kappa shape index (κ1) is 9.51. The van der Waals surface area contributed by atoms with Crippen LogP contribution in [0.3, 0.4) is 0 Å². The molecule has 0 aromatic rings. The topological polar surface area (TPSA) is 26.0 Å². The molecule has 0 unspecified atom stereocenters. The molecule has 0 aromatic heterocycles. The van der Waals surface area contributed by atoms with Crippen molar-refractivity contribution < 1.29 is 0 Å². The highest BCUT2D eigenvalue weighted by molar-refractivity contribution is 4.99. The van der Waals surface area contributed by atoms with Crippen LogP contribution >= 0.6 is 0 Å². The van der Waals surface area contributed by atoms with Gasteiger partial charge in [0.1, 0.15) is 0 Å². The summed E-state index contributed by atoms with van der Waals surface area (Å²) in [5, 5.41) is 0. The van der Waals surface area contributed by atoms with Gasteiger partial charge in [0.05, 0.1) is 0 Å². The van der Waals surface area contributed by atoms with E-state index in [9.17, 15) is 0 Å². The third-order valence-corrected chi connectivity index (χ3v) is 4.77. The molecule has 1 heteroatoms. The van der Waals surface area contributed by atoms with E-state index in [1.807, 2.05) is 0 Å². The van der Waals surface area contributed by atoms with Crippen molar-refractivity contribution in [2.45, 2.75) is 58.3 Å². The van der Waals surface area contributed by atoms with Gasteiger partial charge >= 0.3 is 0 Å². The lowest BCUT2D eigenvalue weighted by Crippen LogP contribution is -2.45. The van der Waals surface area contributed by atoms with Crippen LogP contribution in [0.15, 0.2) is 0 Å². The van der Waals surface area contributed by atoms with Crippen molar-refractivity contribution in [3.05, 3.63) is 0 Å². The molecule has 0 amide bonds. The minimum absolute atomic E-state index is 0.579. The van der Waals surface area contributed by atoms with Crippen molar-refractivity contribution in [2.75, 3.05) is 6.54 Å². The summed E-state index contributed by atoms with van der Waals surface area (Å²) in [5.74, 6) is 0. The maximum Gasteiger partial charge on any atom is -0.00205 e. The molecule has 2 N–H and O–H groups in total. The fourth-order valence-electron chi connectivity index (χ4n) is 3.55. The molecule has 0 spiro atoms. The van der Waals surface area contributed by atoms with E-state index in [-0.39, 0.29) is 0 Å². The number of hydrogen-bond donors (Lipinski definition) is 1. The lowest BCUT2D eigenvalue weighted by Gasteiger charge is -2.53. The lowest BCUT2D eigenvalue weighted by atomic mass is 9.53. The molecule has 3 aliphatic rings. The van der Waals surface area contributed by atoms with Crippen molar-refractivity contribution in [2.24, 2.45) is 16.6 Å². The maximum absolute atomic E-state index is 5.89. The van der Waals surface area contributed by atoms with Crippen LogP contribution in [0.1, 0.15) is 58.3 Å². The van der Waals surface area contributed by atoms with Crippen molar-refractivity contribution >= 4 is 0 Å². The Morgan fingerprint density at radius 2 is 1.38 bits per heavy atom. The van der Waals surface area contributed by atoms with E-state index in [0.29, 0.717) is 5.41 Å². The Bertz CT molecular complexity index is 161. The number of nitrogens with two attached hydrogens (primary N) is 1. The molecule has 76 valence electrons. The van der Waals surface area contributed by atoms with Gasteiger partial charge in [0.25, 0.3) is 0 Å². The Morgan fingerprint density at radius 3 is 1.77 bits per heavy atom. The minimum Gasteiger partial charge on any atom is -0.330 e. The summed E-state index contributed by atoms with van der Waals surface area (Å²) < 4.78 is 0. The predicted molar refractivity (Wildman–Crippen MR) is 56.5 cm³/mol. The van der Waals surface area contributed by atoms with Crippen LogP contribution < -0.4 is 5.73 Å². The summed E-state index contributed by atoms with van der Waals surface area (Å²) in [7, 11) is 0. The largest absolute Gasteiger partial charge is 0.330 e. The van der Waals surface area contributed by atoms with Crippen LogP contribution in [0.4, 0.5) is 0 Å². The van der Waals surface area contributed by atoms with E-state index >= 15 is 0 Å². The molecule has 3 saturated carbocycles. The molecule has 0 aromatic carbocycles. The second kappa shape index (κ2) is 3.27. The van der Waals surface area contributed by atoms with Gasteiger partial charge in [-0.05, 0) is 62.3 Å². The van der Waals surface area contributed by atoms with E-state index in [0.717, 1.165) is 12.0 Å². The molecule has 3 rings (SSSR count). The van der Waals surface area contributed by atoms with E-state index in [4.69, 9.17) is 5.73 Å². The Hall–Kier alpha value is -0.0400. The summed E-state index contributed by atoms with van der Waals surface area (Å²) in [5.41, 5.74) is 7.22. The predicted octanol–water partition coefficient (Wildman–Crippen LogP) is 3.09. The molecule has 0 atom stereocenters. The molecule has 0 radical (unpaired) electrons. The first-order valence-electron chi connectivity index (χ1n) is 5.94. The molecule has 3 aliphatic carbocycles. The van der Waals surface area contributed by atoms with Gasteiger partial charge < -0.3 is 5.73 Å². The molecular weight excluding hydrogens is 158 g/mol. The lowest BCUT2D eigenvalue weighted by molar-refractivity contribution is -0.00887. The number of rotatable bonds is 3. The van der Waals surface area contributed by atoms with E-state index in [1.165, 1.54) is 51.4 Å². The van der Waals surface area contributed by atoms with E-state index in [1.54, 1.807) is 0 Å².